The number of rotatable bonds is 3. The molecule has 90 valence electrons. The number of ether oxygens (including phenoxy) is 1. The van der Waals surface area contributed by atoms with Crippen molar-refractivity contribution in [2.24, 2.45) is 0 Å². The number of hydrogen-bond donors (Lipinski definition) is 1. The highest BCUT2D eigenvalue weighted by Gasteiger charge is 2.05. The van der Waals surface area contributed by atoms with Gasteiger partial charge in [-0.05, 0) is 26.0 Å². The minimum Gasteiger partial charge on any atom is -0.486 e. The molecule has 0 radical (unpaired) electrons. The van der Waals surface area contributed by atoms with Crippen molar-refractivity contribution in [3.05, 3.63) is 39.6 Å². The maximum absolute atomic E-state index is 13.2. The van der Waals surface area contributed by atoms with Gasteiger partial charge in [-0.15, -0.1) is 11.3 Å². The topological polar surface area (TPSA) is 48.1 Å². The molecule has 3 nitrogen and oxygen atoms in total. The van der Waals surface area contributed by atoms with E-state index < -0.39 is 5.82 Å². The van der Waals surface area contributed by atoms with Crippen LogP contribution in [0.15, 0.2) is 18.2 Å². The van der Waals surface area contributed by atoms with Gasteiger partial charge in [-0.3, -0.25) is 0 Å². The molecule has 0 bridgehead atoms. The largest absolute Gasteiger partial charge is 0.486 e. The second-order valence-corrected chi connectivity index (χ2v) is 5.01. The number of halogens is 1. The van der Waals surface area contributed by atoms with Gasteiger partial charge >= 0.3 is 0 Å². The van der Waals surface area contributed by atoms with Crippen molar-refractivity contribution in [3.8, 4) is 5.75 Å². The van der Waals surface area contributed by atoms with Gasteiger partial charge in [-0.1, -0.05) is 0 Å². The van der Waals surface area contributed by atoms with E-state index >= 15 is 0 Å². The van der Waals surface area contributed by atoms with Crippen molar-refractivity contribution >= 4 is 17.0 Å². The van der Waals surface area contributed by atoms with Crippen LogP contribution < -0.4 is 10.5 Å². The van der Waals surface area contributed by atoms with E-state index in [2.05, 4.69) is 4.98 Å². The molecule has 0 aliphatic carbocycles. The number of aryl methyl sites for hydroxylation is 2. The molecule has 0 atom stereocenters. The molecule has 0 saturated carbocycles. The molecule has 0 aliphatic heterocycles. The SMILES string of the molecule is Cc1nc(COc2ccc(N)c(F)c2)sc1C. The smallest absolute Gasteiger partial charge is 0.149 e. The second kappa shape index (κ2) is 4.71. The third-order valence-corrected chi connectivity index (χ3v) is 3.45. The van der Waals surface area contributed by atoms with E-state index in [9.17, 15) is 4.39 Å². The van der Waals surface area contributed by atoms with Crippen LogP contribution in [-0.2, 0) is 6.61 Å². The minimum atomic E-state index is -0.464. The Balaban J connectivity index is 2.04. The first-order chi connectivity index (χ1) is 8.06. The van der Waals surface area contributed by atoms with Gasteiger partial charge in [0, 0.05) is 10.9 Å². The van der Waals surface area contributed by atoms with Crippen LogP contribution in [0.1, 0.15) is 15.6 Å². The van der Waals surface area contributed by atoms with Crippen molar-refractivity contribution in [2.45, 2.75) is 20.5 Å². The van der Waals surface area contributed by atoms with Crippen LogP contribution in [-0.4, -0.2) is 4.98 Å². The minimum absolute atomic E-state index is 0.123. The van der Waals surface area contributed by atoms with Gasteiger partial charge in [0.05, 0.1) is 11.4 Å². The summed E-state index contributed by atoms with van der Waals surface area (Å²) in [5.41, 5.74) is 6.51. The van der Waals surface area contributed by atoms with Crippen LogP contribution in [0.25, 0.3) is 0 Å². The van der Waals surface area contributed by atoms with Crippen LogP contribution in [0.3, 0.4) is 0 Å². The standard InChI is InChI=1S/C12H13FN2OS/c1-7-8(2)17-12(15-7)6-16-9-3-4-11(14)10(13)5-9/h3-5H,6,14H2,1-2H3. The molecule has 0 aliphatic rings. The number of nitrogens with two attached hydrogens (primary N) is 1. The average Bonchev–Trinajstić information content (AvgIpc) is 2.60. The predicted molar refractivity (Wildman–Crippen MR) is 66.7 cm³/mol. The van der Waals surface area contributed by atoms with Gasteiger partial charge in [0.2, 0.25) is 0 Å². The summed E-state index contributed by atoms with van der Waals surface area (Å²) in [6, 6.07) is 4.41. The Morgan fingerprint density at radius 3 is 2.76 bits per heavy atom. The van der Waals surface area contributed by atoms with Crippen molar-refractivity contribution in [3.63, 3.8) is 0 Å². The number of benzene rings is 1. The molecule has 1 aromatic heterocycles. The highest BCUT2D eigenvalue weighted by Crippen LogP contribution is 2.21. The van der Waals surface area contributed by atoms with Gasteiger partial charge in [-0.2, -0.15) is 0 Å². The van der Waals surface area contributed by atoms with E-state index in [1.54, 1.807) is 17.4 Å². The molecule has 2 aromatic rings. The summed E-state index contributed by atoms with van der Waals surface area (Å²) in [4.78, 5) is 5.51. The number of nitrogen functional groups attached to an aromatic ring is 1. The maximum Gasteiger partial charge on any atom is 0.149 e. The summed E-state index contributed by atoms with van der Waals surface area (Å²) in [7, 11) is 0. The van der Waals surface area contributed by atoms with E-state index in [0.29, 0.717) is 12.4 Å². The molecule has 0 amide bonds. The fourth-order valence-electron chi connectivity index (χ4n) is 1.34. The fraction of sp³-hybridized carbons (Fsp3) is 0.250. The van der Waals surface area contributed by atoms with Crippen LogP contribution >= 0.6 is 11.3 Å². The molecule has 0 unspecified atom stereocenters. The van der Waals surface area contributed by atoms with E-state index in [-0.39, 0.29) is 5.69 Å². The molecule has 17 heavy (non-hydrogen) atoms. The molecule has 0 saturated heterocycles. The summed E-state index contributed by atoms with van der Waals surface area (Å²) < 4.78 is 18.6. The second-order valence-electron chi connectivity index (χ2n) is 3.72. The van der Waals surface area contributed by atoms with Crippen molar-refractivity contribution in [1.29, 1.82) is 0 Å². The first kappa shape index (κ1) is 11.9. The molecular formula is C12H13FN2OS. The van der Waals surface area contributed by atoms with E-state index in [0.717, 1.165) is 10.7 Å². The Hall–Kier alpha value is -1.62. The van der Waals surface area contributed by atoms with E-state index in [4.69, 9.17) is 10.5 Å². The maximum atomic E-state index is 13.2. The normalized spacial score (nSPS) is 10.5. The lowest BCUT2D eigenvalue weighted by Crippen LogP contribution is -1.97. The first-order valence-corrected chi connectivity index (χ1v) is 5.98. The number of hydrogen-bond acceptors (Lipinski definition) is 4. The predicted octanol–water partition coefficient (Wildman–Crippen LogP) is 3.06. The lowest BCUT2D eigenvalue weighted by atomic mass is 10.3. The average molecular weight is 252 g/mol. The molecule has 5 heteroatoms. The number of anilines is 1. The highest BCUT2D eigenvalue weighted by atomic mass is 32.1. The zero-order chi connectivity index (χ0) is 12.4. The molecular weight excluding hydrogens is 239 g/mol. The van der Waals surface area contributed by atoms with E-state index in [1.165, 1.54) is 17.0 Å². The quantitative estimate of drug-likeness (QED) is 0.854. The van der Waals surface area contributed by atoms with Gasteiger partial charge in [0.15, 0.2) is 0 Å². The highest BCUT2D eigenvalue weighted by molar-refractivity contribution is 7.11. The van der Waals surface area contributed by atoms with Crippen molar-refractivity contribution in [2.75, 3.05) is 5.73 Å². The third kappa shape index (κ3) is 2.74. The number of nitrogens with zero attached hydrogens (tertiary/aromatic N) is 1. The van der Waals surface area contributed by atoms with Crippen LogP contribution in [0, 0.1) is 19.7 Å². The molecule has 1 aromatic carbocycles. The van der Waals surface area contributed by atoms with Crippen molar-refractivity contribution < 1.29 is 9.13 Å². The molecule has 2 rings (SSSR count). The lowest BCUT2D eigenvalue weighted by molar-refractivity contribution is 0.304. The summed E-state index contributed by atoms with van der Waals surface area (Å²) in [6.45, 7) is 4.32. The molecule has 0 spiro atoms. The molecule has 2 N–H and O–H groups in total. The lowest BCUT2D eigenvalue weighted by Gasteiger charge is -2.04. The zero-order valence-electron chi connectivity index (χ0n) is 9.66. The Morgan fingerprint density at radius 2 is 2.18 bits per heavy atom. The summed E-state index contributed by atoms with van der Waals surface area (Å²) in [6.07, 6.45) is 0. The van der Waals surface area contributed by atoms with Gasteiger partial charge < -0.3 is 10.5 Å². The Bertz CT molecular complexity index is 520. The van der Waals surface area contributed by atoms with Crippen LogP contribution in [0.5, 0.6) is 5.75 Å². The number of thiazole rings is 1. The van der Waals surface area contributed by atoms with Gasteiger partial charge in [-0.25, -0.2) is 9.37 Å². The first-order valence-electron chi connectivity index (χ1n) is 5.17. The third-order valence-electron chi connectivity index (χ3n) is 2.41. The van der Waals surface area contributed by atoms with E-state index in [1.807, 2.05) is 13.8 Å². The monoisotopic (exact) mass is 252 g/mol. The van der Waals surface area contributed by atoms with Gasteiger partial charge in [0.1, 0.15) is 23.2 Å². The zero-order valence-corrected chi connectivity index (χ0v) is 10.5. The number of aromatic nitrogens is 1. The fourth-order valence-corrected chi connectivity index (χ4v) is 2.19. The van der Waals surface area contributed by atoms with Gasteiger partial charge in [0.25, 0.3) is 0 Å². The van der Waals surface area contributed by atoms with Crippen LogP contribution in [0.4, 0.5) is 10.1 Å². The van der Waals surface area contributed by atoms with Crippen LogP contribution in [0.2, 0.25) is 0 Å². The summed E-state index contributed by atoms with van der Waals surface area (Å²) in [5.74, 6) is -0.00351. The Labute approximate surface area is 103 Å². The Kier molecular flexibility index (Phi) is 3.28. The summed E-state index contributed by atoms with van der Waals surface area (Å²) in [5, 5.41) is 0.886. The Morgan fingerprint density at radius 1 is 1.41 bits per heavy atom. The molecule has 0 fully saturated rings. The molecule has 1 heterocycles. The summed E-state index contributed by atoms with van der Waals surface area (Å²) >= 11 is 1.59. The van der Waals surface area contributed by atoms with Crippen molar-refractivity contribution in [1.82, 2.24) is 4.98 Å².